The topological polar surface area (TPSA) is 91.3 Å². The smallest absolute Gasteiger partial charge is 0.457 e. The van der Waals surface area contributed by atoms with Gasteiger partial charge in [0, 0.05) is 13.0 Å². The lowest BCUT2D eigenvalue weighted by Gasteiger charge is -2.24. The summed E-state index contributed by atoms with van der Waals surface area (Å²) in [4.78, 5) is 23.0. The normalized spacial score (nSPS) is 14.3. The van der Waals surface area contributed by atoms with Crippen molar-refractivity contribution in [3.63, 3.8) is 0 Å². The van der Waals surface area contributed by atoms with E-state index >= 15 is 0 Å². The van der Waals surface area contributed by atoms with Crippen LogP contribution >= 0.6 is 7.82 Å². The largest absolute Gasteiger partial charge is 0.472 e. The molecule has 2 atom stereocenters. The van der Waals surface area contributed by atoms with Crippen LogP contribution in [0.15, 0.2) is 72.9 Å². The maximum Gasteiger partial charge on any atom is 0.472 e. The number of allylic oxidation sites excluding steroid dienone is 12. The van der Waals surface area contributed by atoms with Crippen LogP contribution in [0.2, 0.25) is 0 Å². The maximum atomic E-state index is 12.7. The quantitative estimate of drug-likeness (QED) is 0.0214. The zero-order chi connectivity index (χ0) is 44.8. The fraction of sp³-hybridized carbons (Fsp3) is 0.750. The first-order valence-corrected chi connectivity index (χ1v) is 26.2. The summed E-state index contributed by atoms with van der Waals surface area (Å²) in [6.45, 7) is 5.46. The first kappa shape index (κ1) is 58.9. The number of carbonyl (C=O) groups is 1. The van der Waals surface area contributed by atoms with E-state index in [1.807, 2.05) is 21.1 Å². The molecule has 0 fully saturated rings. The third-order valence-corrected chi connectivity index (χ3v) is 11.2. The molecular weight excluding hydrogens is 782 g/mol. The number of quaternary nitrogens is 1. The summed E-state index contributed by atoms with van der Waals surface area (Å²) in [5.74, 6) is -0.329. The third kappa shape index (κ3) is 48.8. The summed E-state index contributed by atoms with van der Waals surface area (Å²) in [5.41, 5.74) is 0. The fourth-order valence-electron chi connectivity index (χ4n) is 6.46. The lowest BCUT2D eigenvalue weighted by Crippen LogP contribution is -2.37. The second-order valence-corrected chi connectivity index (χ2v) is 18.9. The minimum atomic E-state index is -4.29. The Bertz CT molecular complexity index is 1200. The molecule has 0 aliphatic rings. The van der Waals surface area contributed by atoms with Gasteiger partial charge in [-0.1, -0.05) is 177 Å². The van der Waals surface area contributed by atoms with Gasteiger partial charge in [-0.25, -0.2) is 4.57 Å². The standard InChI is InChI=1S/C52H94NO7P/c1-6-8-10-12-14-16-18-20-22-24-25-26-27-28-30-32-34-36-38-40-42-44-47-57-49-51(50-59-61(55,56)58-48-46-53(3,4)5)60-52(54)45-43-41-39-37-35-33-31-29-23-21-19-17-15-13-11-9-7-2/h9,11,15,17-18,20-21,23-25,27-28,51H,6-8,10,12-14,16,19,22,26,29-50H2,1-5H3/p+1/b11-9-,17-15-,20-18-,23-21-,25-24-,28-27-. The molecule has 0 saturated heterocycles. The SMILES string of the molecule is CC/C=C\C/C=C\C/C=C\CCCCCCCCCC(=O)OC(COCCCCCCCCC/C=C\C/C=C\C/C=C\CCCCCCC)COP(=O)(O)OCC[N+](C)(C)C. The van der Waals surface area contributed by atoms with Gasteiger partial charge in [-0.05, 0) is 83.5 Å². The van der Waals surface area contributed by atoms with E-state index in [0.717, 1.165) is 77.0 Å². The highest BCUT2D eigenvalue weighted by Crippen LogP contribution is 2.43. The Labute approximate surface area is 376 Å². The van der Waals surface area contributed by atoms with Gasteiger partial charge < -0.3 is 18.9 Å². The van der Waals surface area contributed by atoms with Crippen LogP contribution in [0.3, 0.4) is 0 Å². The van der Waals surface area contributed by atoms with Crippen molar-refractivity contribution in [3.8, 4) is 0 Å². The number of rotatable bonds is 45. The molecule has 8 nitrogen and oxygen atoms in total. The summed E-state index contributed by atoms with van der Waals surface area (Å²) in [6, 6.07) is 0. The third-order valence-electron chi connectivity index (χ3n) is 10.3. The molecule has 1 N–H and O–H groups in total. The predicted molar refractivity (Wildman–Crippen MR) is 261 cm³/mol. The summed E-state index contributed by atoms with van der Waals surface area (Å²) in [6.07, 6.45) is 58.0. The molecule has 0 aliphatic carbocycles. The minimum Gasteiger partial charge on any atom is -0.457 e. The Morgan fingerprint density at radius 1 is 0.525 bits per heavy atom. The van der Waals surface area contributed by atoms with E-state index in [-0.39, 0.29) is 25.8 Å². The van der Waals surface area contributed by atoms with E-state index in [9.17, 15) is 14.3 Å². The summed E-state index contributed by atoms with van der Waals surface area (Å²) in [7, 11) is 1.64. The van der Waals surface area contributed by atoms with Gasteiger partial charge in [-0.2, -0.15) is 0 Å². The molecule has 0 rings (SSSR count). The zero-order valence-corrected chi connectivity index (χ0v) is 41.0. The van der Waals surface area contributed by atoms with Crippen LogP contribution in [-0.2, 0) is 27.9 Å². The van der Waals surface area contributed by atoms with Crippen LogP contribution in [0, 0.1) is 0 Å². The molecule has 0 spiro atoms. The second kappa shape index (κ2) is 44.5. The van der Waals surface area contributed by atoms with Crippen molar-refractivity contribution in [1.29, 1.82) is 0 Å². The first-order chi connectivity index (χ1) is 29.6. The van der Waals surface area contributed by atoms with Gasteiger partial charge in [-0.15, -0.1) is 0 Å². The Morgan fingerprint density at radius 3 is 1.43 bits per heavy atom. The van der Waals surface area contributed by atoms with Crippen LogP contribution < -0.4 is 0 Å². The number of unbranched alkanes of at least 4 members (excludes halogenated alkanes) is 19. The molecular formula is C52H95NO7P+. The monoisotopic (exact) mass is 877 g/mol. The van der Waals surface area contributed by atoms with Crippen LogP contribution in [0.5, 0.6) is 0 Å². The molecule has 354 valence electrons. The number of hydrogen-bond acceptors (Lipinski definition) is 6. The highest BCUT2D eigenvalue weighted by Gasteiger charge is 2.26. The van der Waals surface area contributed by atoms with E-state index in [2.05, 4.69) is 86.8 Å². The van der Waals surface area contributed by atoms with Gasteiger partial charge in [-0.3, -0.25) is 13.8 Å². The summed E-state index contributed by atoms with van der Waals surface area (Å²) < 4.78 is 35.1. The minimum absolute atomic E-state index is 0.0808. The van der Waals surface area contributed by atoms with E-state index in [4.69, 9.17) is 18.5 Å². The van der Waals surface area contributed by atoms with Gasteiger partial charge >= 0.3 is 13.8 Å². The molecule has 0 bridgehead atoms. The lowest BCUT2D eigenvalue weighted by atomic mass is 10.1. The van der Waals surface area contributed by atoms with Gasteiger partial charge in [0.25, 0.3) is 0 Å². The lowest BCUT2D eigenvalue weighted by molar-refractivity contribution is -0.870. The van der Waals surface area contributed by atoms with Crippen LogP contribution in [0.4, 0.5) is 0 Å². The number of hydrogen-bond donors (Lipinski definition) is 1. The molecule has 2 unspecified atom stereocenters. The number of phosphoric acid groups is 1. The molecule has 0 aromatic carbocycles. The van der Waals surface area contributed by atoms with Crippen molar-refractivity contribution in [2.75, 3.05) is 54.1 Å². The van der Waals surface area contributed by atoms with Gasteiger partial charge in [0.1, 0.15) is 19.3 Å². The number of likely N-dealkylation sites (N-methyl/N-ethyl adjacent to an activating group) is 1. The van der Waals surface area contributed by atoms with Crippen molar-refractivity contribution >= 4 is 13.8 Å². The molecule has 0 radical (unpaired) electrons. The Kier molecular flexibility index (Phi) is 43.0. The molecule has 0 saturated carbocycles. The molecule has 0 aliphatic heterocycles. The van der Waals surface area contributed by atoms with Gasteiger partial charge in [0.15, 0.2) is 0 Å². The fourth-order valence-corrected chi connectivity index (χ4v) is 7.20. The van der Waals surface area contributed by atoms with E-state index in [1.54, 1.807) is 0 Å². The molecule has 0 amide bonds. The van der Waals surface area contributed by atoms with E-state index < -0.39 is 13.9 Å². The highest BCUT2D eigenvalue weighted by atomic mass is 31.2. The first-order valence-electron chi connectivity index (χ1n) is 24.7. The number of phosphoric ester groups is 1. The van der Waals surface area contributed by atoms with E-state index in [1.165, 1.54) is 96.3 Å². The molecule has 61 heavy (non-hydrogen) atoms. The Balaban J connectivity index is 4.21. The van der Waals surface area contributed by atoms with Crippen molar-refractivity contribution < 1.29 is 37.3 Å². The number of esters is 1. The number of nitrogens with zero attached hydrogens (tertiary/aromatic N) is 1. The van der Waals surface area contributed by atoms with Crippen molar-refractivity contribution in [1.82, 2.24) is 0 Å². The average molecular weight is 877 g/mol. The van der Waals surface area contributed by atoms with Crippen molar-refractivity contribution in [3.05, 3.63) is 72.9 Å². The van der Waals surface area contributed by atoms with Crippen molar-refractivity contribution in [2.45, 2.75) is 200 Å². The van der Waals surface area contributed by atoms with Crippen LogP contribution in [0.25, 0.3) is 0 Å². The zero-order valence-electron chi connectivity index (χ0n) is 40.1. The number of ether oxygens (including phenoxy) is 2. The molecule has 9 heteroatoms. The molecule has 0 aromatic heterocycles. The van der Waals surface area contributed by atoms with Crippen LogP contribution in [-0.4, -0.2) is 75.6 Å². The predicted octanol–water partition coefficient (Wildman–Crippen LogP) is 15.1. The second-order valence-electron chi connectivity index (χ2n) is 17.5. The van der Waals surface area contributed by atoms with E-state index in [0.29, 0.717) is 24.1 Å². The summed E-state index contributed by atoms with van der Waals surface area (Å²) >= 11 is 0. The average Bonchev–Trinajstić information content (AvgIpc) is 3.22. The Hall–Kier alpha value is -2.06. The Morgan fingerprint density at radius 2 is 0.951 bits per heavy atom. The molecule has 0 heterocycles. The highest BCUT2D eigenvalue weighted by molar-refractivity contribution is 7.47. The summed E-state index contributed by atoms with van der Waals surface area (Å²) in [5, 5.41) is 0. The van der Waals surface area contributed by atoms with Gasteiger partial charge in [0.05, 0.1) is 34.4 Å². The van der Waals surface area contributed by atoms with Crippen molar-refractivity contribution in [2.24, 2.45) is 0 Å². The number of carbonyl (C=O) groups excluding carboxylic acids is 1. The maximum absolute atomic E-state index is 12.7. The van der Waals surface area contributed by atoms with Crippen LogP contribution in [0.1, 0.15) is 194 Å². The van der Waals surface area contributed by atoms with Gasteiger partial charge in [0.2, 0.25) is 0 Å². The molecule has 0 aromatic rings.